The molecule has 2 heterocycles. The maximum absolute atomic E-state index is 12.8. The van der Waals surface area contributed by atoms with E-state index in [0.717, 1.165) is 23.2 Å². The Morgan fingerprint density at radius 3 is 2.52 bits per heavy atom. The van der Waals surface area contributed by atoms with Crippen LogP contribution in [0.1, 0.15) is 39.2 Å². The lowest BCUT2D eigenvalue weighted by Gasteiger charge is -2.32. The number of nitrogens with two attached hydrogens (primary N) is 1. The molecule has 7 heteroatoms. The molecule has 156 valence electrons. The number of likely N-dealkylation sites (tertiary alicyclic amines) is 1. The summed E-state index contributed by atoms with van der Waals surface area (Å²) in [6.07, 6.45) is 3.26. The van der Waals surface area contributed by atoms with Gasteiger partial charge in [0, 0.05) is 26.3 Å². The first-order valence-electron chi connectivity index (χ1n) is 10.1. The number of carbonyl (C=O) groups excluding carboxylic acids is 2. The Hall–Kier alpha value is -2.67. The SMILES string of the molecule is Cn1nccc1-c1ccc(CNC(=O)C2CCCN2C(=O)C(N)C(C)(C)C)cc1. The number of aromatic nitrogens is 2. The van der Waals surface area contributed by atoms with Crippen molar-refractivity contribution in [3.63, 3.8) is 0 Å². The minimum Gasteiger partial charge on any atom is -0.350 e. The van der Waals surface area contributed by atoms with Gasteiger partial charge >= 0.3 is 0 Å². The van der Waals surface area contributed by atoms with Crippen molar-refractivity contribution in [2.24, 2.45) is 18.2 Å². The second kappa shape index (κ2) is 8.37. The van der Waals surface area contributed by atoms with Crippen LogP contribution in [-0.4, -0.2) is 45.1 Å². The molecule has 29 heavy (non-hydrogen) atoms. The topological polar surface area (TPSA) is 93.2 Å². The van der Waals surface area contributed by atoms with Gasteiger partial charge in [0.2, 0.25) is 11.8 Å². The molecule has 0 bridgehead atoms. The molecular weight excluding hydrogens is 366 g/mol. The first-order chi connectivity index (χ1) is 13.7. The molecule has 3 N–H and O–H groups in total. The maximum atomic E-state index is 12.8. The third-order valence-corrected chi connectivity index (χ3v) is 5.57. The highest BCUT2D eigenvalue weighted by Crippen LogP contribution is 2.24. The summed E-state index contributed by atoms with van der Waals surface area (Å²) in [6, 6.07) is 8.94. The Kier molecular flexibility index (Phi) is 6.07. The van der Waals surface area contributed by atoms with Gasteiger partial charge in [0.05, 0.1) is 11.7 Å². The van der Waals surface area contributed by atoms with Gasteiger partial charge in [0.1, 0.15) is 6.04 Å². The minimum absolute atomic E-state index is 0.118. The largest absolute Gasteiger partial charge is 0.350 e. The third-order valence-electron chi connectivity index (χ3n) is 5.57. The fourth-order valence-corrected chi connectivity index (χ4v) is 3.61. The fourth-order valence-electron chi connectivity index (χ4n) is 3.61. The van der Waals surface area contributed by atoms with E-state index in [9.17, 15) is 9.59 Å². The van der Waals surface area contributed by atoms with E-state index < -0.39 is 12.1 Å². The highest BCUT2D eigenvalue weighted by Gasteiger charge is 2.39. The van der Waals surface area contributed by atoms with Gasteiger partial charge in [-0.1, -0.05) is 45.0 Å². The van der Waals surface area contributed by atoms with E-state index in [0.29, 0.717) is 19.5 Å². The molecule has 3 rings (SSSR count). The molecule has 1 aromatic heterocycles. The quantitative estimate of drug-likeness (QED) is 0.808. The van der Waals surface area contributed by atoms with Crippen molar-refractivity contribution in [2.45, 2.75) is 52.2 Å². The van der Waals surface area contributed by atoms with E-state index in [1.165, 1.54) is 0 Å². The molecule has 2 unspecified atom stereocenters. The van der Waals surface area contributed by atoms with Gasteiger partial charge in [-0.15, -0.1) is 0 Å². The zero-order valence-corrected chi connectivity index (χ0v) is 17.7. The normalized spacial score (nSPS) is 18.0. The van der Waals surface area contributed by atoms with E-state index in [1.807, 2.05) is 62.8 Å². The fraction of sp³-hybridized carbons (Fsp3) is 0.500. The second-order valence-electron chi connectivity index (χ2n) is 8.79. The zero-order chi connectivity index (χ0) is 21.2. The van der Waals surface area contributed by atoms with Gasteiger partial charge < -0.3 is 16.0 Å². The van der Waals surface area contributed by atoms with Gasteiger partial charge in [0.15, 0.2) is 0 Å². The summed E-state index contributed by atoms with van der Waals surface area (Å²) in [7, 11) is 1.91. The molecule has 0 radical (unpaired) electrons. The zero-order valence-electron chi connectivity index (χ0n) is 17.7. The highest BCUT2D eigenvalue weighted by atomic mass is 16.2. The van der Waals surface area contributed by atoms with Crippen LogP contribution in [0.2, 0.25) is 0 Å². The Balaban J connectivity index is 1.60. The van der Waals surface area contributed by atoms with E-state index in [4.69, 9.17) is 5.73 Å². The third kappa shape index (κ3) is 4.67. The predicted molar refractivity (Wildman–Crippen MR) is 113 cm³/mol. The molecule has 1 fully saturated rings. The van der Waals surface area contributed by atoms with Crippen molar-refractivity contribution < 1.29 is 9.59 Å². The maximum Gasteiger partial charge on any atom is 0.243 e. The van der Waals surface area contributed by atoms with E-state index in [1.54, 1.807) is 11.1 Å². The first-order valence-corrected chi connectivity index (χ1v) is 10.1. The van der Waals surface area contributed by atoms with Crippen molar-refractivity contribution in [2.75, 3.05) is 6.54 Å². The molecule has 1 aliphatic heterocycles. The summed E-state index contributed by atoms with van der Waals surface area (Å²) < 4.78 is 1.82. The first kappa shape index (κ1) is 21.0. The number of amides is 2. The Labute approximate surface area is 172 Å². The summed E-state index contributed by atoms with van der Waals surface area (Å²) in [4.78, 5) is 27.2. The van der Waals surface area contributed by atoms with Gasteiger partial charge in [-0.3, -0.25) is 14.3 Å². The van der Waals surface area contributed by atoms with Crippen LogP contribution in [0.4, 0.5) is 0 Å². The predicted octanol–water partition coefficient (Wildman–Crippen LogP) is 2.07. The molecule has 1 aliphatic rings. The van der Waals surface area contributed by atoms with Crippen molar-refractivity contribution in [3.8, 4) is 11.3 Å². The van der Waals surface area contributed by atoms with Crippen molar-refractivity contribution >= 4 is 11.8 Å². The Bertz CT molecular complexity index is 866. The van der Waals surface area contributed by atoms with Crippen molar-refractivity contribution in [3.05, 3.63) is 42.1 Å². The molecule has 2 atom stereocenters. The molecule has 2 aromatic rings. The van der Waals surface area contributed by atoms with Gasteiger partial charge in [-0.2, -0.15) is 5.10 Å². The number of hydrogen-bond acceptors (Lipinski definition) is 4. The standard InChI is InChI=1S/C22H31N5O2/c1-22(2,3)19(23)21(29)27-13-5-6-18(27)20(28)24-14-15-7-9-16(10-8-15)17-11-12-25-26(17)4/h7-12,18-19H,5-6,13-14,23H2,1-4H3,(H,24,28). The van der Waals surface area contributed by atoms with Crippen LogP contribution in [0.25, 0.3) is 11.3 Å². The van der Waals surface area contributed by atoms with E-state index in [-0.39, 0.29) is 17.2 Å². The Morgan fingerprint density at radius 1 is 1.24 bits per heavy atom. The van der Waals surface area contributed by atoms with Crippen LogP contribution in [0.15, 0.2) is 36.5 Å². The number of rotatable bonds is 5. The number of nitrogens with one attached hydrogen (secondary N) is 1. The average Bonchev–Trinajstić information content (AvgIpc) is 3.33. The number of benzene rings is 1. The molecule has 2 amide bonds. The molecule has 0 saturated carbocycles. The van der Waals surface area contributed by atoms with Crippen molar-refractivity contribution in [1.82, 2.24) is 20.0 Å². The van der Waals surface area contributed by atoms with Crippen LogP contribution in [0.5, 0.6) is 0 Å². The lowest BCUT2D eigenvalue weighted by molar-refractivity contribution is -0.141. The summed E-state index contributed by atoms with van der Waals surface area (Å²) in [5, 5.41) is 7.16. The summed E-state index contributed by atoms with van der Waals surface area (Å²) >= 11 is 0. The summed E-state index contributed by atoms with van der Waals surface area (Å²) in [5.41, 5.74) is 8.92. The lowest BCUT2D eigenvalue weighted by Crippen LogP contribution is -2.54. The number of carbonyl (C=O) groups is 2. The average molecular weight is 398 g/mol. The molecule has 1 aromatic carbocycles. The minimum atomic E-state index is -0.615. The summed E-state index contributed by atoms with van der Waals surface area (Å²) in [5.74, 6) is -0.261. The monoisotopic (exact) mass is 397 g/mol. The van der Waals surface area contributed by atoms with Crippen LogP contribution in [0, 0.1) is 5.41 Å². The summed E-state index contributed by atoms with van der Waals surface area (Å²) in [6.45, 7) is 6.83. The smallest absolute Gasteiger partial charge is 0.243 e. The molecule has 0 aliphatic carbocycles. The molecule has 1 saturated heterocycles. The van der Waals surface area contributed by atoms with Crippen molar-refractivity contribution in [1.29, 1.82) is 0 Å². The van der Waals surface area contributed by atoms with E-state index in [2.05, 4.69) is 10.4 Å². The second-order valence-corrected chi connectivity index (χ2v) is 8.79. The Morgan fingerprint density at radius 2 is 1.93 bits per heavy atom. The lowest BCUT2D eigenvalue weighted by atomic mass is 9.86. The number of hydrogen-bond donors (Lipinski definition) is 2. The van der Waals surface area contributed by atoms with Gasteiger partial charge in [-0.25, -0.2) is 0 Å². The van der Waals surface area contributed by atoms with Crippen LogP contribution in [-0.2, 0) is 23.2 Å². The molecule has 0 spiro atoms. The van der Waals surface area contributed by atoms with Gasteiger partial charge in [0.25, 0.3) is 0 Å². The van der Waals surface area contributed by atoms with Crippen LogP contribution >= 0.6 is 0 Å². The van der Waals surface area contributed by atoms with Crippen LogP contribution < -0.4 is 11.1 Å². The number of aryl methyl sites for hydroxylation is 1. The molecule has 7 nitrogen and oxygen atoms in total. The molecular formula is C22H31N5O2. The van der Waals surface area contributed by atoms with Gasteiger partial charge in [-0.05, 0) is 35.4 Å². The highest BCUT2D eigenvalue weighted by molar-refractivity contribution is 5.90. The number of nitrogens with zero attached hydrogens (tertiary/aromatic N) is 3. The van der Waals surface area contributed by atoms with E-state index >= 15 is 0 Å². The van der Waals surface area contributed by atoms with Crippen LogP contribution in [0.3, 0.4) is 0 Å².